The van der Waals surface area contributed by atoms with E-state index in [1.807, 2.05) is 10.7 Å². The SMILES string of the molecule is Cc1cccc(-n2nc3c(c2NC(=O)C24CC5CC(CC(C5)C2)C4)C[S@](=O)C3)c1C. The van der Waals surface area contributed by atoms with Gasteiger partial charge in [0.15, 0.2) is 0 Å². The van der Waals surface area contributed by atoms with Crippen molar-refractivity contribution in [1.29, 1.82) is 0 Å². The summed E-state index contributed by atoms with van der Waals surface area (Å²) in [6, 6.07) is 6.19. The first-order chi connectivity index (χ1) is 14.4. The van der Waals surface area contributed by atoms with Gasteiger partial charge in [-0.2, -0.15) is 5.10 Å². The molecule has 6 heteroatoms. The van der Waals surface area contributed by atoms with Crippen LogP contribution in [0.25, 0.3) is 5.69 Å². The highest BCUT2D eigenvalue weighted by Crippen LogP contribution is 2.60. The number of amides is 1. The van der Waals surface area contributed by atoms with Crippen LogP contribution in [0, 0.1) is 37.0 Å². The van der Waals surface area contributed by atoms with Crippen LogP contribution in [0.2, 0.25) is 0 Å². The van der Waals surface area contributed by atoms with E-state index in [0.29, 0.717) is 11.5 Å². The lowest BCUT2D eigenvalue weighted by atomic mass is 9.49. The summed E-state index contributed by atoms with van der Waals surface area (Å²) in [6.45, 7) is 4.19. The van der Waals surface area contributed by atoms with Gasteiger partial charge in [0.1, 0.15) is 5.82 Å². The number of hydrogen-bond acceptors (Lipinski definition) is 3. The number of rotatable bonds is 3. The zero-order valence-electron chi connectivity index (χ0n) is 17.7. The Hall–Kier alpha value is -1.95. The van der Waals surface area contributed by atoms with Gasteiger partial charge in [-0.25, -0.2) is 4.68 Å². The zero-order chi connectivity index (χ0) is 20.6. The molecule has 2 heterocycles. The van der Waals surface area contributed by atoms with Crippen molar-refractivity contribution in [2.75, 3.05) is 5.32 Å². The van der Waals surface area contributed by atoms with Crippen molar-refractivity contribution in [2.24, 2.45) is 23.2 Å². The van der Waals surface area contributed by atoms with E-state index in [9.17, 15) is 9.00 Å². The first-order valence-electron chi connectivity index (χ1n) is 11.3. The van der Waals surface area contributed by atoms with Crippen LogP contribution in [0.15, 0.2) is 18.2 Å². The first kappa shape index (κ1) is 18.8. The Bertz CT molecular complexity index is 1050. The van der Waals surface area contributed by atoms with Crippen LogP contribution in [-0.4, -0.2) is 19.9 Å². The van der Waals surface area contributed by atoms with E-state index in [2.05, 4.69) is 31.3 Å². The molecule has 5 aliphatic rings. The number of fused-ring (bicyclic) bond motifs is 1. The molecule has 1 amide bonds. The third-order valence-electron chi connectivity index (χ3n) is 8.23. The fraction of sp³-hybridized carbons (Fsp3) is 0.583. The summed E-state index contributed by atoms with van der Waals surface area (Å²) in [6.07, 6.45) is 7.08. The van der Waals surface area contributed by atoms with Gasteiger partial charge in [-0.15, -0.1) is 0 Å². The van der Waals surface area contributed by atoms with Crippen molar-refractivity contribution in [3.8, 4) is 5.69 Å². The summed E-state index contributed by atoms with van der Waals surface area (Å²) in [7, 11) is -0.925. The van der Waals surface area contributed by atoms with E-state index in [0.717, 1.165) is 65.3 Å². The molecule has 1 N–H and O–H groups in total. The molecular weight excluding hydrogens is 394 g/mol. The van der Waals surface area contributed by atoms with Crippen molar-refractivity contribution >= 4 is 22.5 Å². The van der Waals surface area contributed by atoms with Crippen LogP contribution in [0.4, 0.5) is 5.82 Å². The molecule has 1 aromatic carbocycles. The predicted octanol–water partition coefficient (Wildman–Crippen LogP) is 4.41. The Morgan fingerprint density at radius 1 is 1.10 bits per heavy atom. The van der Waals surface area contributed by atoms with Crippen molar-refractivity contribution < 1.29 is 9.00 Å². The maximum atomic E-state index is 13.8. The van der Waals surface area contributed by atoms with Crippen molar-refractivity contribution in [3.05, 3.63) is 40.6 Å². The van der Waals surface area contributed by atoms with Crippen molar-refractivity contribution in [1.82, 2.24) is 9.78 Å². The van der Waals surface area contributed by atoms with Gasteiger partial charge in [-0.05, 0) is 87.3 Å². The van der Waals surface area contributed by atoms with Crippen LogP contribution in [0.1, 0.15) is 60.9 Å². The van der Waals surface area contributed by atoms with Crippen LogP contribution < -0.4 is 5.32 Å². The number of hydrogen-bond donors (Lipinski definition) is 1. The van der Waals surface area contributed by atoms with Crippen LogP contribution >= 0.6 is 0 Å². The highest BCUT2D eigenvalue weighted by atomic mass is 32.2. The highest BCUT2D eigenvalue weighted by molar-refractivity contribution is 7.83. The van der Waals surface area contributed by atoms with E-state index in [1.54, 1.807) is 0 Å². The molecule has 4 aliphatic carbocycles. The molecule has 0 unspecified atom stereocenters. The number of aromatic nitrogens is 2. The van der Waals surface area contributed by atoms with E-state index < -0.39 is 10.8 Å². The molecule has 7 rings (SSSR count). The molecule has 158 valence electrons. The van der Waals surface area contributed by atoms with Gasteiger partial charge in [0, 0.05) is 16.4 Å². The zero-order valence-corrected chi connectivity index (χ0v) is 18.6. The Labute approximate surface area is 180 Å². The van der Waals surface area contributed by atoms with Crippen molar-refractivity contribution in [2.45, 2.75) is 63.9 Å². The maximum absolute atomic E-state index is 13.8. The predicted molar refractivity (Wildman–Crippen MR) is 118 cm³/mol. The molecule has 0 radical (unpaired) electrons. The van der Waals surface area contributed by atoms with E-state index in [1.165, 1.54) is 24.8 Å². The van der Waals surface area contributed by atoms with Gasteiger partial charge in [0.2, 0.25) is 5.91 Å². The minimum atomic E-state index is -0.925. The number of nitrogens with one attached hydrogen (secondary N) is 1. The number of anilines is 1. The Morgan fingerprint density at radius 3 is 2.43 bits per heavy atom. The second-order valence-electron chi connectivity index (χ2n) is 10.3. The topological polar surface area (TPSA) is 64.0 Å². The normalized spacial score (nSPS) is 33.7. The average Bonchev–Trinajstić information content (AvgIpc) is 3.20. The molecule has 30 heavy (non-hydrogen) atoms. The Kier molecular flexibility index (Phi) is 4.09. The summed E-state index contributed by atoms with van der Waals surface area (Å²) in [5, 5.41) is 8.16. The third-order valence-corrected chi connectivity index (χ3v) is 9.43. The smallest absolute Gasteiger partial charge is 0.231 e. The summed E-state index contributed by atoms with van der Waals surface area (Å²) in [5.41, 5.74) is 4.98. The maximum Gasteiger partial charge on any atom is 0.231 e. The van der Waals surface area contributed by atoms with Gasteiger partial charge in [-0.1, -0.05) is 12.1 Å². The molecule has 2 aromatic rings. The number of nitrogens with zero attached hydrogens (tertiary/aromatic N) is 2. The van der Waals surface area contributed by atoms with Crippen molar-refractivity contribution in [3.63, 3.8) is 0 Å². The lowest BCUT2D eigenvalue weighted by molar-refractivity contribution is -0.140. The largest absolute Gasteiger partial charge is 0.310 e. The molecule has 4 saturated carbocycles. The molecule has 0 saturated heterocycles. The van der Waals surface area contributed by atoms with E-state index in [-0.39, 0.29) is 11.3 Å². The molecule has 1 aliphatic heterocycles. The summed E-state index contributed by atoms with van der Waals surface area (Å²) in [4.78, 5) is 13.8. The average molecular weight is 424 g/mol. The second kappa shape index (κ2) is 6.52. The standard InChI is InChI=1S/C24H29N3O2S/c1-14-4-3-5-21(15(14)2)27-22(19-12-30(29)13-20(19)26-27)25-23(28)24-9-16-6-17(10-24)8-18(7-16)11-24/h3-5,16-18H,6-13H2,1-2H3,(H,25,28)/t16?,17?,18?,24?,30-/m0/s1. The summed E-state index contributed by atoms with van der Waals surface area (Å²) in [5.74, 6) is 4.07. The fourth-order valence-corrected chi connectivity index (χ4v) is 8.29. The number of aryl methyl sites for hydroxylation is 1. The number of carbonyl (C=O) groups is 1. The molecule has 1 atom stereocenters. The van der Waals surface area contributed by atoms with Gasteiger partial charge >= 0.3 is 0 Å². The molecular formula is C24H29N3O2S. The summed E-state index contributed by atoms with van der Waals surface area (Å²) < 4.78 is 14.1. The fourth-order valence-electron chi connectivity index (χ4n) is 7.02. The molecule has 4 bridgehead atoms. The number of benzene rings is 1. The van der Waals surface area contributed by atoms with Gasteiger partial charge < -0.3 is 5.32 Å². The van der Waals surface area contributed by atoms with Crippen LogP contribution in [-0.2, 0) is 27.1 Å². The number of carbonyl (C=O) groups excluding carboxylic acids is 1. The van der Waals surface area contributed by atoms with E-state index >= 15 is 0 Å². The van der Waals surface area contributed by atoms with E-state index in [4.69, 9.17) is 5.10 Å². The lowest BCUT2D eigenvalue weighted by Crippen LogP contribution is -2.52. The third kappa shape index (κ3) is 2.75. The molecule has 1 aromatic heterocycles. The minimum absolute atomic E-state index is 0.175. The Balaban J connectivity index is 1.40. The molecule has 5 nitrogen and oxygen atoms in total. The quantitative estimate of drug-likeness (QED) is 0.795. The molecule has 4 fully saturated rings. The highest BCUT2D eigenvalue weighted by Gasteiger charge is 2.54. The van der Waals surface area contributed by atoms with Gasteiger partial charge in [0.25, 0.3) is 0 Å². The summed E-state index contributed by atoms with van der Waals surface area (Å²) >= 11 is 0. The Morgan fingerprint density at radius 2 is 1.77 bits per heavy atom. The second-order valence-corrected chi connectivity index (χ2v) is 11.7. The first-order valence-corrected chi connectivity index (χ1v) is 12.7. The minimum Gasteiger partial charge on any atom is -0.310 e. The van der Waals surface area contributed by atoms with Gasteiger partial charge in [0.05, 0.1) is 28.3 Å². The van der Waals surface area contributed by atoms with Crippen LogP contribution in [0.3, 0.4) is 0 Å². The lowest BCUT2D eigenvalue weighted by Gasteiger charge is -2.55. The van der Waals surface area contributed by atoms with Crippen LogP contribution in [0.5, 0.6) is 0 Å². The van der Waals surface area contributed by atoms with Gasteiger partial charge in [-0.3, -0.25) is 9.00 Å². The molecule has 0 spiro atoms. The monoisotopic (exact) mass is 423 g/mol.